The molecule has 5 nitrogen and oxygen atoms in total. The van der Waals surface area contributed by atoms with Crippen LogP contribution in [0.3, 0.4) is 0 Å². The number of carboxylic acid groups (broad SMARTS) is 1. The summed E-state index contributed by atoms with van der Waals surface area (Å²) in [4.78, 5) is 25.8. The van der Waals surface area contributed by atoms with Crippen LogP contribution in [0.2, 0.25) is 0 Å². The molecule has 5 heteroatoms. The number of piperidine rings is 1. The Kier molecular flexibility index (Phi) is 2.77. The van der Waals surface area contributed by atoms with Crippen molar-refractivity contribution in [2.45, 2.75) is 18.3 Å². The third-order valence-electron chi connectivity index (χ3n) is 5.57. The first-order valence-electron chi connectivity index (χ1n) is 7.73. The fourth-order valence-electron chi connectivity index (χ4n) is 4.02. The largest absolute Gasteiger partial charge is 0.497 e. The van der Waals surface area contributed by atoms with Crippen molar-refractivity contribution in [2.24, 2.45) is 17.8 Å². The Morgan fingerprint density at radius 1 is 1.18 bits per heavy atom. The number of amides is 1. The number of carbonyl (C=O) groups is 2. The minimum atomic E-state index is -0.710. The van der Waals surface area contributed by atoms with Crippen LogP contribution in [0.4, 0.5) is 0 Å². The number of hydrogen-bond donors (Lipinski definition) is 1. The third kappa shape index (κ3) is 1.84. The summed E-state index contributed by atoms with van der Waals surface area (Å²) in [7, 11) is 1.63. The SMILES string of the molecule is COc1ccc(C2(C(=O)N3C[C@@H]4C(C(=O)O)[C@@H]4C3)CC2)cc1. The zero-order valence-corrected chi connectivity index (χ0v) is 12.5. The molecule has 1 aromatic rings. The minimum absolute atomic E-state index is 0.174. The first-order valence-corrected chi connectivity index (χ1v) is 7.73. The van der Waals surface area contributed by atoms with E-state index in [1.54, 1.807) is 7.11 Å². The lowest BCUT2D eigenvalue weighted by Crippen LogP contribution is -2.40. The topological polar surface area (TPSA) is 66.8 Å². The highest BCUT2D eigenvalue weighted by molar-refractivity contribution is 5.92. The summed E-state index contributed by atoms with van der Waals surface area (Å²) >= 11 is 0. The molecule has 116 valence electrons. The van der Waals surface area contributed by atoms with Crippen molar-refractivity contribution in [1.82, 2.24) is 4.90 Å². The molecule has 0 aromatic heterocycles. The second kappa shape index (κ2) is 4.48. The Bertz CT molecular complexity index is 623. The Morgan fingerprint density at radius 2 is 1.77 bits per heavy atom. The Morgan fingerprint density at radius 3 is 2.23 bits per heavy atom. The number of fused-ring (bicyclic) bond motifs is 1. The van der Waals surface area contributed by atoms with Gasteiger partial charge in [0.2, 0.25) is 5.91 Å². The molecule has 1 N–H and O–H groups in total. The number of benzene rings is 1. The van der Waals surface area contributed by atoms with E-state index in [0.29, 0.717) is 13.1 Å². The van der Waals surface area contributed by atoms with Crippen molar-refractivity contribution >= 4 is 11.9 Å². The summed E-state index contributed by atoms with van der Waals surface area (Å²) in [5.41, 5.74) is 0.676. The molecule has 1 saturated heterocycles. The highest BCUT2D eigenvalue weighted by Gasteiger charge is 2.63. The van der Waals surface area contributed by atoms with E-state index in [0.717, 1.165) is 24.2 Å². The van der Waals surface area contributed by atoms with Crippen molar-refractivity contribution in [3.8, 4) is 5.75 Å². The van der Waals surface area contributed by atoms with Crippen LogP contribution in [0.15, 0.2) is 24.3 Å². The van der Waals surface area contributed by atoms with Gasteiger partial charge in [-0.1, -0.05) is 12.1 Å². The van der Waals surface area contributed by atoms with Crippen LogP contribution in [-0.4, -0.2) is 42.1 Å². The maximum absolute atomic E-state index is 12.9. The molecule has 1 unspecified atom stereocenters. The van der Waals surface area contributed by atoms with E-state index in [1.807, 2.05) is 29.2 Å². The van der Waals surface area contributed by atoms with E-state index < -0.39 is 5.97 Å². The van der Waals surface area contributed by atoms with Gasteiger partial charge in [-0.25, -0.2) is 0 Å². The summed E-state index contributed by atoms with van der Waals surface area (Å²) < 4.78 is 5.17. The van der Waals surface area contributed by atoms with Crippen LogP contribution < -0.4 is 4.74 Å². The molecular formula is C17H19NO4. The van der Waals surface area contributed by atoms with Gasteiger partial charge in [0.1, 0.15) is 5.75 Å². The zero-order valence-electron chi connectivity index (χ0n) is 12.5. The molecule has 3 aliphatic rings. The second-order valence-electron chi connectivity index (χ2n) is 6.71. The number of hydrogen-bond acceptors (Lipinski definition) is 3. The average Bonchev–Trinajstić information content (AvgIpc) is 3.43. The molecule has 1 aliphatic heterocycles. The van der Waals surface area contributed by atoms with E-state index in [2.05, 4.69) is 0 Å². The average molecular weight is 301 g/mol. The second-order valence-corrected chi connectivity index (χ2v) is 6.71. The molecule has 3 atom stereocenters. The van der Waals surface area contributed by atoms with Crippen molar-refractivity contribution < 1.29 is 19.4 Å². The smallest absolute Gasteiger partial charge is 0.307 e. The first kappa shape index (κ1) is 13.6. The van der Waals surface area contributed by atoms with Crippen LogP contribution in [0.1, 0.15) is 18.4 Å². The van der Waals surface area contributed by atoms with Gasteiger partial charge in [-0.05, 0) is 42.4 Å². The van der Waals surface area contributed by atoms with Gasteiger partial charge in [0.25, 0.3) is 0 Å². The normalized spacial score (nSPS) is 30.6. The molecule has 1 heterocycles. The molecule has 2 saturated carbocycles. The van der Waals surface area contributed by atoms with E-state index in [9.17, 15) is 9.59 Å². The number of ether oxygens (including phenoxy) is 1. The monoisotopic (exact) mass is 301 g/mol. The van der Waals surface area contributed by atoms with Crippen LogP contribution in [-0.2, 0) is 15.0 Å². The van der Waals surface area contributed by atoms with Gasteiger partial charge in [0, 0.05) is 13.1 Å². The summed E-state index contributed by atoms with van der Waals surface area (Å²) in [6.07, 6.45) is 1.76. The fourth-order valence-corrected chi connectivity index (χ4v) is 4.02. The molecule has 0 spiro atoms. The van der Waals surface area contributed by atoms with Crippen molar-refractivity contribution in [1.29, 1.82) is 0 Å². The molecule has 22 heavy (non-hydrogen) atoms. The predicted molar refractivity (Wildman–Crippen MR) is 78.6 cm³/mol. The van der Waals surface area contributed by atoms with Crippen molar-refractivity contribution in [3.63, 3.8) is 0 Å². The minimum Gasteiger partial charge on any atom is -0.497 e. The predicted octanol–water partition coefficient (Wildman–Crippen LogP) is 1.52. The van der Waals surface area contributed by atoms with Gasteiger partial charge >= 0.3 is 5.97 Å². The van der Waals surface area contributed by atoms with E-state index in [-0.39, 0.29) is 29.1 Å². The number of nitrogens with zero attached hydrogens (tertiary/aromatic N) is 1. The van der Waals surface area contributed by atoms with Crippen LogP contribution in [0.5, 0.6) is 5.75 Å². The molecule has 0 bridgehead atoms. The maximum atomic E-state index is 12.9. The van der Waals surface area contributed by atoms with Gasteiger partial charge in [-0.15, -0.1) is 0 Å². The van der Waals surface area contributed by atoms with Gasteiger partial charge in [0.05, 0.1) is 18.4 Å². The summed E-state index contributed by atoms with van der Waals surface area (Å²) in [6, 6.07) is 7.73. The quantitative estimate of drug-likeness (QED) is 0.915. The lowest BCUT2D eigenvalue weighted by atomic mass is 9.94. The Balaban J connectivity index is 1.48. The van der Waals surface area contributed by atoms with Crippen LogP contribution in [0, 0.1) is 17.8 Å². The van der Waals surface area contributed by atoms with E-state index in [4.69, 9.17) is 9.84 Å². The number of carboxylic acids is 1. The fraction of sp³-hybridized carbons (Fsp3) is 0.529. The van der Waals surface area contributed by atoms with E-state index >= 15 is 0 Å². The standard InChI is InChI=1S/C17H19NO4/c1-22-11-4-2-10(3-5-11)17(6-7-17)16(21)18-8-12-13(9-18)14(12)15(19)20/h2-5,12-14H,6-9H2,1H3,(H,19,20)/t12-,13+,14?. The molecule has 0 radical (unpaired) electrons. The molecule has 1 aromatic carbocycles. The third-order valence-corrected chi connectivity index (χ3v) is 5.57. The lowest BCUT2D eigenvalue weighted by molar-refractivity contribution is -0.141. The van der Waals surface area contributed by atoms with Crippen LogP contribution >= 0.6 is 0 Å². The molecule has 3 fully saturated rings. The number of rotatable bonds is 4. The van der Waals surface area contributed by atoms with E-state index in [1.165, 1.54) is 0 Å². The molecule has 1 amide bonds. The van der Waals surface area contributed by atoms with Crippen molar-refractivity contribution in [2.75, 3.05) is 20.2 Å². The van der Waals surface area contributed by atoms with Gasteiger partial charge < -0.3 is 14.7 Å². The number of aliphatic carboxylic acids is 1. The van der Waals surface area contributed by atoms with Gasteiger partial charge in [0.15, 0.2) is 0 Å². The molecular weight excluding hydrogens is 282 g/mol. The van der Waals surface area contributed by atoms with Gasteiger partial charge in [-0.2, -0.15) is 0 Å². The highest BCUT2D eigenvalue weighted by Crippen LogP contribution is 2.55. The Hall–Kier alpha value is -2.04. The first-order chi connectivity index (χ1) is 10.6. The maximum Gasteiger partial charge on any atom is 0.307 e. The highest BCUT2D eigenvalue weighted by atomic mass is 16.5. The summed E-state index contributed by atoms with van der Waals surface area (Å²) in [6.45, 7) is 1.22. The summed E-state index contributed by atoms with van der Waals surface area (Å²) in [5, 5.41) is 9.07. The van der Waals surface area contributed by atoms with Gasteiger partial charge in [-0.3, -0.25) is 9.59 Å². The number of carbonyl (C=O) groups excluding carboxylic acids is 1. The van der Waals surface area contributed by atoms with Crippen molar-refractivity contribution in [3.05, 3.63) is 29.8 Å². The number of methoxy groups -OCH3 is 1. The number of likely N-dealkylation sites (tertiary alicyclic amines) is 1. The Labute approximate surface area is 128 Å². The molecule has 4 rings (SSSR count). The molecule has 2 aliphatic carbocycles. The lowest BCUT2D eigenvalue weighted by Gasteiger charge is -2.25. The summed E-state index contributed by atoms with van der Waals surface area (Å²) in [5.74, 6) is 0.382. The zero-order chi connectivity index (χ0) is 15.5. The van der Waals surface area contributed by atoms with Crippen LogP contribution in [0.25, 0.3) is 0 Å².